The summed E-state index contributed by atoms with van der Waals surface area (Å²) in [7, 11) is -1.87. The molecule has 0 spiro atoms. The maximum absolute atomic E-state index is 13.6. The lowest BCUT2D eigenvalue weighted by atomic mass is 9.80. The van der Waals surface area contributed by atoms with Gasteiger partial charge in [0.1, 0.15) is 11.9 Å². The summed E-state index contributed by atoms with van der Waals surface area (Å²) < 4.78 is 18.6. The maximum Gasteiger partial charge on any atom is 0.491 e. The Morgan fingerprint density at radius 1 is 1.56 bits per heavy atom. The van der Waals surface area contributed by atoms with Crippen LogP contribution in [-0.2, 0) is 4.74 Å². The van der Waals surface area contributed by atoms with Crippen molar-refractivity contribution >= 4 is 24.4 Å². The van der Waals surface area contributed by atoms with Crippen molar-refractivity contribution < 1.29 is 24.0 Å². The van der Waals surface area contributed by atoms with Gasteiger partial charge in [-0.05, 0) is 18.6 Å². The van der Waals surface area contributed by atoms with Crippen molar-refractivity contribution in [2.75, 3.05) is 11.4 Å². The number of carbonyl (C=O) groups is 1. The fraction of sp³-hybridized carbons (Fsp3) is 0.364. The largest absolute Gasteiger partial charge is 0.491 e. The van der Waals surface area contributed by atoms with Crippen molar-refractivity contribution in [3.05, 3.63) is 24.0 Å². The number of ether oxygens (including phenoxy) is 1. The molecule has 1 heterocycles. The lowest BCUT2D eigenvalue weighted by molar-refractivity contribution is 0.139. The zero-order chi connectivity index (χ0) is 13.3. The van der Waals surface area contributed by atoms with Crippen molar-refractivity contribution in [3.8, 4) is 0 Å². The molecule has 2 rings (SSSR count). The topological polar surface area (TPSA) is 70.0 Å². The van der Waals surface area contributed by atoms with Crippen molar-refractivity contribution in [3.63, 3.8) is 0 Å². The Kier molecular flexibility index (Phi) is 3.54. The van der Waals surface area contributed by atoms with E-state index in [1.54, 1.807) is 0 Å². The molecule has 1 aliphatic heterocycles. The second-order valence-corrected chi connectivity index (χ2v) is 4.10. The monoisotopic (exact) mass is 253 g/mol. The van der Waals surface area contributed by atoms with Gasteiger partial charge in [0.05, 0.1) is 12.2 Å². The van der Waals surface area contributed by atoms with Crippen LogP contribution in [0, 0.1) is 5.82 Å². The van der Waals surface area contributed by atoms with Gasteiger partial charge in [-0.25, -0.2) is 9.18 Å². The molecule has 0 aliphatic carbocycles. The molecular formula is C11H13BFNO4. The number of amides is 1. The van der Waals surface area contributed by atoms with Crippen molar-refractivity contribution in [1.82, 2.24) is 0 Å². The maximum atomic E-state index is 13.6. The van der Waals surface area contributed by atoms with Crippen LogP contribution in [0.1, 0.15) is 13.3 Å². The quantitative estimate of drug-likeness (QED) is 0.757. The van der Waals surface area contributed by atoms with E-state index in [1.165, 1.54) is 17.0 Å². The fourth-order valence-corrected chi connectivity index (χ4v) is 1.84. The Morgan fingerprint density at radius 3 is 2.78 bits per heavy atom. The third kappa shape index (κ3) is 2.32. The van der Waals surface area contributed by atoms with Gasteiger partial charge in [0, 0.05) is 5.46 Å². The van der Waals surface area contributed by atoms with Gasteiger partial charge in [-0.1, -0.05) is 13.0 Å². The van der Waals surface area contributed by atoms with E-state index in [2.05, 4.69) is 0 Å². The van der Waals surface area contributed by atoms with Gasteiger partial charge in [0.2, 0.25) is 0 Å². The number of halogens is 1. The highest BCUT2D eigenvalue weighted by atomic mass is 19.1. The normalized spacial score (nSPS) is 19.0. The number of hydrogen-bond donors (Lipinski definition) is 2. The highest BCUT2D eigenvalue weighted by Crippen LogP contribution is 2.22. The number of benzene rings is 1. The molecule has 0 saturated carbocycles. The predicted octanol–water partition coefficient (Wildman–Crippen LogP) is 0.241. The standard InChI is InChI=1S/C11H13BFNO4/c1-2-8-6-14(11(15)18-8)7-3-4-9(12(16)17)10(13)5-7/h3-5,8,16-17H,2,6H2,1H3/t8-/m0/s1. The van der Waals surface area contributed by atoms with Gasteiger partial charge < -0.3 is 14.8 Å². The number of nitrogens with zero attached hydrogens (tertiary/aromatic N) is 1. The first-order valence-electron chi connectivity index (χ1n) is 5.66. The van der Waals surface area contributed by atoms with Crippen LogP contribution in [0.2, 0.25) is 0 Å². The van der Waals surface area contributed by atoms with Crippen LogP contribution >= 0.6 is 0 Å². The van der Waals surface area contributed by atoms with Crippen molar-refractivity contribution in [2.24, 2.45) is 0 Å². The molecule has 5 nitrogen and oxygen atoms in total. The Bertz CT molecular complexity index is 468. The molecule has 96 valence electrons. The van der Waals surface area contributed by atoms with Crippen LogP contribution in [-0.4, -0.2) is 35.9 Å². The molecular weight excluding hydrogens is 240 g/mol. The molecule has 2 N–H and O–H groups in total. The number of anilines is 1. The van der Waals surface area contributed by atoms with Gasteiger partial charge >= 0.3 is 13.2 Å². The van der Waals surface area contributed by atoms with Gasteiger partial charge in [0.25, 0.3) is 0 Å². The lowest BCUT2D eigenvalue weighted by Crippen LogP contribution is -2.33. The Balaban J connectivity index is 2.25. The van der Waals surface area contributed by atoms with E-state index in [9.17, 15) is 9.18 Å². The Labute approximate surface area is 104 Å². The number of carbonyl (C=O) groups excluding carboxylic acids is 1. The fourth-order valence-electron chi connectivity index (χ4n) is 1.84. The summed E-state index contributed by atoms with van der Waals surface area (Å²) in [5.41, 5.74) is 0.121. The third-order valence-corrected chi connectivity index (χ3v) is 2.90. The first kappa shape index (κ1) is 12.9. The highest BCUT2D eigenvalue weighted by Gasteiger charge is 2.31. The zero-order valence-corrected chi connectivity index (χ0v) is 9.84. The van der Waals surface area contributed by atoms with E-state index >= 15 is 0 Å². The molecule has 1 aromatic carbocycles. The minimum Gasteiger partial charge on any atom is -0.444 e. The van der Waals surface area contributed by atoms with Crippen LogP contribution in [0.4, 0.5) is 14.9 Å². The zero-order valence-electron chi connectivity index (χ0n) is 9.84. The number of rotatable bonds is 3. The minimum absolute atomic E-state index is 0.191. The van der Waals surface area contributed by atoms with E-state index in [0.29, 0.717) is 18.7 Å². The lowest BCUT2D eigenvalue weighted by Gasteiger charge is -2.14. The van der Waals surface area contributed by atoms with E-state index in [4.69, 9.17) is 14.8 Å². The first-order chi connectivity index (χ1) is 8.52. The molecule has 1 saturated heterocycles. The first-order valence-corrected chi connectivity index (χ1v) is 5.66. The molecule has 1 atom stereocenters. The molecule has 1 aliphatic rings. The Hall–Kier alpha value is -1.60. The summed E-state index contributed by atoms with van der Waals surface area (Å²) in [6.07, 6.45) is -0.0137. The summed E-state index contributed by atoms with van der Waals surface area (Å²) in [6, 6.07) is 3.78. The van der Waals surface area contributed by atoms with E-state index in [0.717, 1.165) is 6.07 Å². The molecule has 0 aromatic heterocycles. The number of hydrogen-bond acceptors (Lipinski definition) is 4. The second kappa shape index (κ2) is 4.95. The minimum atomic E-state index is -1.87. The molecule has 0 radical (unpaired) electrons. The molecule has 0 bridgehead atoms. The molecule has 1 amide bonds. The highest BCUT2D eigenvalue weighted by molar-refractivity contribution is 6.58. The molecule has 1 fully saturated rings. The second-order valence-electron chi connectivity index (χ2n) is 4.10. The Morgan fingerprint density at radius 2 is 2.28 bits per heavy atom. The smallest absolute Gasteiger partial charge is 0.444 e. The summed E-state index contributed by atoms with van der Waals surface area (Å²) in [5, 5.41) is 17.8. The molecule has 1 aromatic rings. The van der Waals surface area contributed by atoms with Crippen LogP contribution < -0.4 is 10.4 Å². The van der Waals surface area contributed by atoms with Gasteiger partial charge in [-0.3, -0.25) is 4.90 Å². The van der Waals surface area contributed by atoms with E-state index < -0.39 is 19.0 Å². The van der Waals surface area contributed by atoms with Gasteiger partial charge in [-0.15, -0.1) is 0 Å². The summed E-state index contributed by atoms with van der Waals surface area (Å²) >= 11 is 0. The van der Waals surface area contributed by atoms with Crippen molar-refractivity contribution in [2.45, 2.75) is 19.4 Å². The molecule has 7 heteroatoms. The van der Waals surface area contributed by atoms with Gasteiger partial charge in [-0.2, -0.15) is 0 Å². The van der Waals surface area contributed by atoms with Gasteiger partial charge in [0.15, 0.2) is 0 Å². The molecule has 0 unspecified atom stereocenters. The predicted molar refractivity (Wildman–Crippen MR) is 64.1 cm³/mol. The average Bonchev–Trinajstić information content (AvgIpc) is 2.70. The third-order valence-electron chi connectivity index (χ3n) is 2.90. The van der Waals surface area contributed by atoms with Crippen LogP contribution in [0.15, 0.2) is 18.2 Å². The van der Waals surface area contributed by atoms with Crippen molar-refractivity contribution in [1.29, 1.82) is 0 Å². The molecule has 18 heavy (non-hydrogen) atoms. The number of cyclic esters (lactones) is 1. The van der Waals surface area contributed by atoms with E-state index in [-0.39, 0.29) is 11.6 Å². The van der Waals surface area contributed by atoms with Crippen LogP contribution in [0.25, 0.3) is 0 Å². The summed E-state index contributed by atoms with van der Waals surface area (Å²) in [5.74, 6) is -0.768. The van der Waals surface area contributed by atoms with Crippen LogP contribution in [0.5, 0.6) is 0 Å². The average molecular weight is 253 g/mol. The summed E-state index contributed by atoms with van der Waals surface area (Å²) in [4.78, 5) is 12.9. The summed E-state index contributed by atoms with van der Waals surface area (Å²) in [6.45, 7) is 2.27. The SMILES string of the molecule is CC[C@H]1CN(c2ccc(B(O)O)c(F)c2)C(=O)O1. The van der Waals surface area contributed by atoms with E-state index in [1.807, 2.05) is 6.92 Å². The van der Waals surface area contributed by atoms with Crippen LogP contribution in [0.3, 0.4) is 0 Å².